The van der Waals surface area contributed by atoms with E-state index in [2.05, 4.69) is 15.6 Å². The van der Waals surface area contributed by atoms with Crippen molar-refractivity contribution in [1.29, 1.82) is 0 Å². The second-order valence-electron chi connectivity index (χ2n) is 8.48. The summed E-state index contributed by atoms with van der Waals surface area (Å²) in [6.45, 7) is 0.309. The van der Waals surface area contributed by atoms with Gasteiger partial charge in [0.25, 0.3) is 5.91 Å². The van der Waals surface area contributed by atoms with Crippen molar-refractivity contribution in [3.63, 3.8) is 0 Å². The van der Waals surface area contributed by atoms with Crippen molar-refractivity contribution in [3.8, 4) is 11.5 Å². The van der Waals surface area contributed by atoms with Gasteiger partial charge < -0.3 is 20.1 Å². The summed E-state index contributed by atoms with van der Waals surface area (Å²) in [7, 11) is 1.56. The molecule has 1 heterocycles. The van der Waals surface area contributed by atoms with Crippen LogP contribution in [0.25, 0.3) is 10.8 Å². The van der Waals surface area contributed by atoms with E-state index in [1.165, 1.54) is 0 Å². The standard InChI is InChI=1S/C28H25N3O4/c1-34-25-11-10-22(15-26(25)35-17-18-5-4-12-29-16-18)30-28(33)23-13-20-6-2-3-7-21(20)14-24(23)31-27(32)19-8-9-19/h2-7,10-16,19H,8-9,17H2,1H3,(H,30,33)(H,31,32). The molecule has 0 bridgehead atoms. The van der Waals surface area contributed by atoms with E-state index in [4.69, 9.17) is 9.47 Å². The number of pyridine rings is 1. The molecule has 35 heavy (non-hydrogen) atoms. The Balaban J connectivity index is 1.40. The molecule has 0 aliphatic heterocycles. The first kappa shape index (κ1) is 22.4. The number of hydrogen-bond acceptors (Lipinski definition) is 5. The summed E-state index contributed by atoms with van der Waals surface area (Å²) >= 11 is 0. The molecule has 0 spiro atoms. The van der Waals surface area contributed by atoms with Crippen molar-refractivity contribution in [3.05, 3.63) is 90.3 Å². The third kappa shape index (κ3) is 5.24. The maximum Gasteiger partial charge on any atom is 0.257 e. The highest BCUT2D eigenvalue weighted by Gasteiger charge is 2.30. The van der Waals surface area contributed by atoms with Crippen molar-refractivity contribution in [2.45, 2.75) is 19.4 Å². The number of nitrogens with one attached hydrogen (secondary N) is 2. The van der Waals surface area contributed by atoms with Crippen LogP contribution in [0.2, 0.25) is 0 Å². The summed E-state index contributed by atoms with van der Waals surface area (Å²) < 4.78 is 11.4. The molecule has 0 unspecified atom stereocenters. The van der Waals surface area contributed by atoms with E-state index in [1.807, 2.05) is 42.5 Å². The van der Waals surface area contributed by atoms with Crippen molar-refractivity contribution in [1.82, 2.24) is 4.98 Å². The largest absolute Gasteiger partial charge is 0.493 e. The highest BCUT2D eigenvalue weighted by atomic mass is 16.5. The summed E-state index contributed by atoms with van der Waals surface area (Å²) in [5.74, 6) is 0.693. The first-order valence-corrected chi connectivity index (χ1v) is 11.5. The third-order valence-electron chi connectivity index (χ3n) is 5.88. The Bertz CT molecular complexity index is 1380. The molecular weight excluding hydrogens is 442 g/mol. The maximum atomic E-state index is 13.3. The zero-order valence-corrected chi connectivity index (χ0v) is 19.3. The number of rotatable bonds is 8. The molecule has 0 saturated heterocycles. The zero-order valence-electron chi connectivity index (χ0n) is 19.3. The van der Waals surface area contributed by atoms with Gasteiger partial charge >= 0.3 is 0 Å². The molecule has 1 saturated carbocycles. The Labute approximate surface area is 203 Å². The van der Waals surface area contributed by atoms with Crippen LogP contribution in [-0.2, 0) is 11.4 Å². The number of methoxy groups -OCH3 is 1. The lowest BCUT2D eigenvalue weighted by Gasteiger charge is -2.15. The quantitative estimate of drug-likeness (QED) is 0.361. The van der Waals surface area contributed by atoms with Gasteiger partial charge in [0.2, 0.25) is 5.91 Å². The lowest BCUT2D eigenvalue weighted by molar-refractivity contribution is -0.117. The molecule has 1 fully saturated rings. The molecule has 176 valence electrons. The van der Waals surface area contributed by atoms with E-state index in [-0.39, 0.29) is 17.7 Å². The van der Waals surface area contributed by atoms with Crippen molar-refractivity contribution in [2.24, 2.45) is 5.92 Å². The van der Waals surface area contributed by atoms with Crippen LogP contribution in [0.15, 0.2) is 79.1 Å². The van der Waals surface area contributed by atoms with Gasteiger partial charge in [-0.1, -0.05) is 30.3 Å². The van der Waals surface area contributed by atoms with Crippen LogP contribution in [-0.4, -0.2) is 23.9 Å². The summed E-state index contributed by atoms with van der Waals surface area (Å²) in [6, 6.07) is 20.4. The Kier molecular flexibility index (Phi) is 6.30. The van der Waals surface area contributed by atoms with Gasteiger partial charge in [-0.15, -0.1) is 0 Å². The average Bonchev–Trinajstić information content (AvgIpc) is 3.73. The predicted molar refractivity (Wildman–Crippen MR) is 135 cm³/mol. The molecule has 2 N–H and O–H groups in total. The Morgan fingerprint density at radius 2 is 1.74 bits per heavy atom. The van der Waals surface area contributed by atoms with Crippen LogP contribution < -0.4 is 20.1 Å². The van der Waals surface area contributed by atoms with Gasteiger partial charge in [-0.2, -0.15) is 0 Å². The van der Waals surface area contributed by atoms with Gasteiger partial charge in [-0.25, -0.2) is 0 Å². The molecule has 5 rings (SSSR count). The van der Waals surface area contributed by atoms with Crippen LogP contribution in [0.1, 0.15) is 28.8 Å². The Morgan fingerprint density at radius 1 is 0.943 bits per heavy atom. The van der Waals surface area contributed by atoms with Gasteiger partial charge in [0.15, 0.2) is 11.5 Å². The number of carbonyl (C=O) groups excluding carboxylic acids is 2. The molecule has 1 aliphatic carbocycles. The fraction of sp³-hybridized carbons (Fsp3) is 0.179. The molecule has 2 amide bonds. The van der Waals surface area contributed by atoms with Crippen LogP contribution in [0.5, 0.6) is 11.5 Å². The molecule has 0 radical (unpaired) electrons. The number of anilines is 2. The zero-order chi connectivity index (χ0) is 24.2. The molecule has 3 aromatic carbocycles. The first-order valence-electron chi connectivity index (χ1n) is 11.5. The fourth-order valence-corrected chi connectivity index (χ4v) is 3.82. The minimum absolute atomic E-state index is 0.0264. The van der Waals surface area contributed by atoms with E-state index in [1.54, 1.807) is 43.8 Å². The number of aromatic nitrogens is 1. The summed E-state index contributed by atoms with van der Waals surface area (Å²) in [4.78, 5) is 29.9. The number of nitrogens with zero attached hydrogens (tertiary/aromatic N) is 1. The summed E-state index contributed by atoms with van der Waals surface area (Å²) in [5, 5.41) is 7.75. The van der Waals surface area contributed by atoms with Gasteiger partial charge in [0.05, 0.1) is 18.4 Å². The smallest absolute Gasteiger partial charge is 0.257 e. The van der Waals surface area contributed by atoms with Crippen LogP contribution >= 0.6 is 0 Å². The average molecular weight is 468 g/mol. The minimum Gasteiger partial charge on any atom is -0.493 e. The first-order chi connectivity index (χ1) is 17.1. The number of ether oxygens (including phenoxy) is 2. The van der Waals surface area contributed by atoms with Gasteiger partial charge in [-0.3, -0.25) is 14.6 Å². The highest BCUT2D eigenvalue weighted by molar-refractivity contribution is 6.13. The summed E-state index contributed by atoms with van der Waals surface area (Å²) in [5.41, 5.74) is 2.35. The van der Waals surface area contributed by atoms with E-state index in [9.17, 15) is 9.59 Å². The summed E-state index contributed by atoms with van der Waals surface area (Å²) in [6.07, 6.45) is 5.20. The number of carbonyl (C=O) groups is 2. The fourth-order valence-electron chi connectivity index (χ4n) is 3.82. The molecule has 4 aromatic rings. The number of benzene rings is 3. The van der Waals surface area contributed by atoms with Gasteiger partial charge in [0.1, 0.15) is 6.61 Å². The lowest BCUT2D eigenvalue weighted by Crippen LogP contribution is -2.19. The molecule has 1 aromatic heterocycles. The van der Waals surface area contributed by atoms with Crippen molar-refractivity contribution in [2.75, 3.05) is 17.7 Å². The molecular formula is C28H25N3O4. The van der Waals surface area contributed by atoms with Crippen LogP contribution in [0, 0.1) is 5.92 Å². The van der Waals surface area contributed by atoms with E-state index in [0.29, 0.717) is 35.0 Å². The lowest BCUT2D eigenvalue weighted by atomic mass is 10.0. The third-order valence-corrected chi connectivity index (χ3v) is 5.88. The van der Waals surface area contributed by atoms with Crippen molar-refractivity contribution >= 4 is 34.0 Å². The normalized spacial score (nSPS) is 12.7. The second kappa shape index (κ2) is 9.85. The monoisotopic (exact) mass is 467 g/mol. The number of hydrogen-bond donors (Lipinski definition) is 2. The molecule has 0 atom stereocenters. The second-order valence-corrected chi connectivity index (χ2v) is 8.48. The van der Waals surface area contributed by atoms with Gasteiger partial charge in [0, 0.05) is 35.6 Å². The number of fused-ring (bicyclic) bond motifs is 1. The SMILES string of the molecule is COc1ccc(NC(=O)c2cc3ccccc3cc2NC(=O)C2CC2)cc1OCc1cccnc1. The highest BCUT2D eigenvalue weighted by Crippen LogP contribution is 2.33. The molecule has 7 nitrogen and oxygen atoms in total. The van der Waals surface area contributed by atoms with Crippen LogP contribution in [0.4, 0.5) is 11.4 Å². The molecule has 1 aliphatic rings. The molecule has 7 heteroatoms. The van der Waals surface area contributed by atoms with Crippen molar-refractivity contribution < 1.29 is 19.1 Å². The number of amides is 2. The van der Waals surface area contributed by atoms with Crippen LogP contribution in [0.3, 0.4) is 0 Å². The Morgan fingerprint density at radius 3 is 2.46 bits per heavy atom. The van der Waals surface area contributed by atoms with E-state index in [0.717, 1.165) is 29.2 Å². The van der Waals surface area contributed by atoms with E-state index < -0.39 is 0 Å². The van der Waals surface area contributed by atoms with E-state index >= 15 is 0 Å². The predicted octanol–water partition coefficient (Wildman–Crippen LogP) is 5.42. The maximum absolute atomic E-state index is 13.3. The minimum atomic E-state index is -0.328. The van der Waals surface area contributed by atoms with Gasteiger partial charge in [-0.05, 0) is 53.9 Å². The Hall–Kier alpha value is -4.39. The topological polar surface area (TPSA) is 89.6 Å².